The molecule has 0 radical (unpaired) electrons. The number of nitrogens with one attached hydrogen (secondary N) is 2. The highest BCUT2D eigenvalue weighted by molar-refractivity contribution is 6.04. The van der Waals surface area contributed by atoms with Crippen LogP contribution in [0.5, 0.6) is 0 Å². The number of amides is 3. The molecule has 3 amide bonds. The van der Waals surface area contributed by atoms with Crippen molar-refractivity contribution in [3.05, 3.63) is 59.7 Å². The number of aliphatic hydroxyl groups is 1. The number of alkyl halides is 3. The van der Waals surface area contributed by atoms with Gasteiger partial charge in [-0.25, -0.2) is 4.79 Å². The Labute approximate surface area is 153 Å². The summed E-state index contributed by atoms with van der Waals surface area (Å²) in [4.78, 5) is 25.0. The summed E-state index contributed by atoms with van der Waals surface area (Å²) in [5.74, 6) is -0.553. The number of anilines is 2. The molecule has 3 N–H and O–H groups in total. The van der Waals surface area contributed by atoms with E-state index in [-0.39, 0.29) is 18.8 Å². The Morgan fingerprint density at radius 1 is 1.07 bits per heavy atom. The van der Waals surface area contributed by atoms with Gasteiger partial charge < -0.3 is 20.6 Å². The molecule has 144 valence electrons. The van der Waals surface area contributed by atoms with Gasteiger partial charge in [0.1, 0.15) is 0 Å². The predicted molar refractivity (Wildman–Crippen MR) is 94.6 cm³/mol. The molecule has 0 spiro atoms. The Kier molecular flexibility index (Phi) is 6.40. The number of carbonyl (C=O) groups excluding carboxylic acids is 2. The first kappa shape index (κ1) is 20.2. The van der Waals surface area contributed by atoms with Crippen LogP contribution in [-0.4, -0.2) is 42.1 Å². The smallest absolute Gasteiger partial charge is 0.395 e. The topological polar surface area (TPSA) is 81.7 Å². The molecule has 0 aliphatic rings. The van der Waals surface area contributed by atoms with Crippen LogP contribution in [0.2, 0.25) is 0 Å². The van der Waals surface area contributed by atoms with E-state index in [0.29, 0.717) is 5.56 Å². The Morgan fingerprint density at radius 2 is 1.74 bits per heavy atom. The lowest BCUT2D eigenvalue weighted by Gasteiger charge is -2.20. The normalized spacial score (nSPS) is 11.0. The van der Waals surface area contributed by atoms with Gasteiger partial charge in [0.25, 0.3) is 5.91 Å². The van der Waals surface area contributed by atoms with Crippen molar-refractivity contribution in [3.8, 4) is 0 Å². The Morgan fingerprint density at radius 3 is 2.33 bits per heavy atom. The van der Waals surface area contributed by atoms with Gasteiger partial charge in [0.05, 0.1) is 17.9 Å². The van der Waals surface area contributed by atoms with E-state index in [4.69, 9.17) is 5.11 Å². The van der Waals surface area contributed by atoms with Crippen molar-refractivity contribution < 1.29 is 27.9 Å². The van der Waals surface area contributed by atoms with Crippen molar-refractivity contribution in [2.75, 3.05) is 30.8 Å². The van der Waals surface area contributed by atoms with Gasteiger partial charge in [0, 0.05) is 24.8 Å². The first-order valence-corrected chi connectivity index (χ1v) is 7.93. The van der Waals surface area contributed by atoms with E-state index in [2.05, 4.69) is 10.6 Å². The summed E-state index contributed by atoms with van der Waals surface area (Å²) >= 11 is 0. The van der Waals surface area contributed by atoms with Crippen LogP contribution in [0.25, 0.3) is 0 Å². The molecule has 0 aliphatic heterocycles. The fourth-order valence-corrected chi connectivity index (χ4v) is 2.22. The number of benzene rings is 2. The lowest BCUT2D eigenvalue weighted by Crippen LogP contribution is -2.34. The molecule has 27 heavy (non-hydrogen) atoms. The van der Waals surface area contributed by atoms with Crippen LogP contribution in [-0.2, 0) is 6.18 Å². The van der Waals surface area contributed by atoms with Gasteiger partial charge in [-0.1, -0.05) is 18.2 Å². The van der Waals surface area contributed by atoms with E-state index in [0.717, 1.165) is 17.0 Å². The van der Waals surface area contributed by atoms with Gasteiger partial charge in [0.15, 0.2) is 0 Å². The highest BCUT2D eigenvalue weighted by Gasteiger charge is 2.34. The van der Waals surface area contributed by atoms with Crippen LogP contribution in [0.15, 0.2) is 48.5 Å². The largest absolute Gasteiger partial charge is 0.418 e. The molecule has 0 unspecified atom stereocenters. The molecule has 0 heterocycles. The fourth-order valence-electron chi connectivity index (χ4n) is 2.22. The van der Waals surface area contributed by atoms with Gasteiger partial charge >= 0.3 is 12.2 Å². The van der Waals surface area contributed by atoms with E-state index in [1.165, 1.54) is 25.2 Å². The van der Waals surface area contributed by atoms with Crippen molar-refractivity contribution in [3.63, 3.8) is 0 Å². The molecule has 0 saturated heterocycles. The highest BCUT2D eigenvalue weighted by atomic mass is 19.4. The van der Waals surface area contributed by atoms with Gasteiger partial charge in [-0.3, -0.25) is 4.79 Å². The second kappa shape index (κ2) is 8.54. The Balaban J connectivity index is 2.25. The molecule has 0 bridgehead atoms. The number of halogens is 3. The molecule has 0 aliphatic carbocycles. The zero-order chi connectivity index (χ0) is 20.0. The number of carbonyl (C=O) groups is 2. The first-order valence-electron chi connectivity index (χ1n) is 7.93. The molecular weight excluding hydrogens is 363 g/mol. The Hall–Kier alpha value is -3.07. The number of nitrogens with zero attached hydrogens (tertiary/aromatic N) is 1. The summed E-state index contributed by atoms with van der Waals surface area (Å²) in [7, 11) is 1.34. The maximum Gasteiger partial charge on any atom is 0.418 e. The predicted octanol–water partition coefficient (Wildman–Crippen LogP) is 3.41. The third kappa shape index (κ3) is 5.45. The zero-order valence-electron chi connectivity index (χ0n) is 14.4. The van der Waals surface area contributed by atoms with Gasteiger partial charge in [-0.05, 0) is 30.3 Å². The molecule has 0 aromatic heterocycles. The molecule has 0 fully saturated rings. The molecule has 0 atom stereocenters. The van der Waals surface area contributed by atoms with Crippen LogP contribution in [0.1, 0.15) is 15.9 Å². The van der Waals surface area contributed by atoms with Crippen LogP contribution < -0.4 is 10.6 Å². The Bertz CT molecular complexity index is 810. The molecule has 2 aromatic carbocycles. The van der Waals surface area contributed by atoms with E-state index in [9.17, 15) is 22.8 Å². The second-order valence-corrected chi connectivity index (χ2v) is 5.65. The van der Waals surface area contributed by atoms with Crippen LogP contribution >= 0.6 is 0 Å². The SMILES string of the molecule is CN(CCO)C(=O)Nc1ccc(NC(=O)c2ccccc2)cc1C(F)(F)F. The monoisotopic (exact) mass is 381 g/mol. The van der Waals surface area contributed by atoms with Crippen molar-refractivity contribution in [1.82, 2.24) is 4.90 Å². The first-order chi connectivity index (χ1) is 12.7. The van der Waals surface area contributed by atoms with Gasteiger partial charge in [-0.2, -0.15) is 13.2 Å². The zero-order valence-corrected chi connectivity index (χ0v) is 14.4. The summed E-state index contributed by atoms with van der Waals surface area (Å²) < 4.78 is 40.1. The number of aliphatic hydroxyl groups excluding tert-OH is 1. The van der Waals surface area contributed by atoms with Crippen LogP contribution in [0, 0.1) is 0 Å². The molecule has 2 rings (SSSR count). The summed E-state index contributed by atoms with van der Waals surface area (Å²) in [6.45, 7) is -0.348. The minimum atomic E-state index is -4.74. The average Bonchev–Trinajstić information content (AvgIpc) is 2.63. The summed E-state index contributed by atoms with van der Waals surface area (Å²) in [5, 5.41) is 13.4. The van der Waals surface area contributed by atoms with E-state index < -0.39 is 29.4 Å². The summed E-state index contributed by atoms with van der Waals surface area (Å²) in [6, 6.07) is 10.3. The molecule has 6 nitrogen and oxygen atoms in total. The standard InChI is InChI=1S/C18H18F3N3O3/c1-24(9-10-25)17(27)23-15-8-7-13(11-14(15)18(19,20)21)22-16(26)12-5-3-2-4-6-12/h2-8,11,25H,9-10H2,1H3,(H,22,26)(H,23,27). The number of hydrogen-bond donors (Lipinski definition) is 3. The van der Waals surface area contributed by atoms with Crippen molar-refractivity contribution in [1.29, 1.82) is 0 Å². The number of hydrogen-bond acceptors (Lipinski definition) is 3. The third-order valence-electron chi connectivity index (χ3n) is 3.64. The van der Waals surface area contributed by atoms with E-state index in [1.54, 1.807) is 18.2 Å². The minimum Gasteiger partial charge on any atom is -0.395 e. The van der Waals surface area contributed by atoms with E-state index >= 15 is 0 Å². The molecular formula is C18H18F3N3O3. The van der Waals surface area contributed by atoms with Crippen molar-refractivity contribution >= 4 is 23.3 Å². The molecule has 2 aromatic rings. The summed E-state index contributed by atoms with van der Waals surface area (Å²) in [6.07, 6.45) is -4.74. The van der Waals surface area contributed by atoms with E-state index in [1.807, 2.05) is 0 Å². The lowest BCUT2D eigenvalue weighted by atomic mass is 10.1. The maximum absolute atomic E-state index is 13.4. The maximum atomic E-state index is 13.4. The lowest BCUT2D eigenvalue weighted by molar-refractivity contribution is -0.136. The average molecular weight is 381 g/mol. The third-order valence-corrected chi connectivity index (χ3v) is 3.64. The fraction of sp³-hybridized carbons (Fsp3) is 0.222. The molecule has 9 heteroatoms. The molecule has 0 saturated carbocycles. The second-order valence-electron chi connectivity index (χ2n) is 5.65. The highest BCUT2D eigenvalue weighted by Crippen LogP contribution is 2.36. The summed E-state index contributed by atoms with van der Waals surface area (Å²) in [5.41, 5.74) is -1.30. The van der Waals surface area contributed by atoms with Gasteiger partial charge in [-0.15, -0.1) is 0 Å². The van der Waals surface area contributed by atoms with Gasteiger partial charge in [0.2, 0.25) is 0 Å². The van der Waals surface area contributed by atoms with Crippen LogP contribution in [0.3, 0.4) is 0 Å². The quantitative estimate of drug-likeness (QED) is 0.742. The number of rotatable bonds is 5. The van der Waals surface area contributed by atoms with Crippen molar-refractivity contribution in [2.24, 2.45) is 0 Å². The van der Waals surface area contributed by atoms with Crippen LogP contribution in [0.4, 0.5) is 29.3 Å². The minimum absolute atomic E-state index is 0.0294. The number of likely N-dealkylation sites (N-methyl/N-ethyl adjacent to an activating group) is 1. The van der Waals surface area contributed by atoms with Crippen molar-refractivity contribution in [2.45, 2.75) is 6.18 Å². The number of urea groups is 1.